The molecule has 1 aliphatic rings. The molecule has 1 saturated heterocycles. The van der Waals surface area contributed by atoms with E-state index < -0.39 is 0 Å². The number of halogens is 1. The van der Waals surface area contributed by atoms with Crippen molar-refractivity contribution in [1.29, 1.82) is 0 Å². The van der Waals surface area contributed by atoms with E-state index in [1.807, 2.05) is 17.0 Å². The third-order valence-electron chi connectivity index (χ3n) is 5.10. The monoisotopic (exact) mass is 387 g/mol. The molecule has 0 aliphatic carbocycles. The van der Waals surface area contributed by atoms with Gasteiger partial charge in [0.1, 0.15) is 11.6 Å². The van der Waals surface area contributed by atoms with Crippen LogP contribution in [0.15, 0.2) is 48.5 Å². The van der Waals surface area contributed by atoms with Crippen molar-refractivity contribution in [3.05, 3.63) is 59.9 Å². The summed E-state index contributed by atoms with van der Waals surface area (Å²) in [6.45, 7) is 5.55. The number of nitrogens with zero attached hydrogens (tertiary/aromatic N) is 2. The van der Waals surface area contributed by atoms with E-state index >= 15 is 0 Å². The minimum absolute atomic E-state index is 0.223. The molecule has 0 saturated carbocycles. The average molecular weight is 388 g/mol. The zero-order valence-electron chi connectivity index (χ0n) is 15.6. The Morgan fingerprint density at radius 2 is 2.00 bits per heavy atom. The first kappa shape index (κ1) is 19.6. The first-order chi connectivity index (χ1) is 13.1. The number of hydrogen-bond donors (Lipinski definition) is 2. The van der Waals surface area contributed by atoms with E-state index in [1.165, 1.54) is 25.0 Å². The Morgan fingerprint density at radius 1 is 1.26 bits per heavy atom. The number of thiocarbonyl (C=S) groups is 1. The van der Waals surface area contributed by atoms with Crippen molar-refractivity contribution in [1.82, 2.24) is 10.2 Å². The van der Waals surface area contributed by atoms with Crippen molar-refractivity contribution in [2.75, 3.05) is 24.5 Å². The van der Waals surface area contributed by atoms with Crippen LogP contribution < -0.4 is 10.2 Å². The Labute approximate surface area is 165 Å². The van der Waals surface area contributed by atoms with E-state index in [4.69, 9.17) is 12.2 Å². The van der Waals surface area contributed by atoms with Gasteiger partial charge in [-0.1, -0.05) is 25.1 Å². The summed E-state index contributed by atoms with van der Waals surface area (Å²) < 4.78 is 13.4. The molecule has 0 aromatic heterocycles. The number of benzene rings is 2. The predicted octanol–water partition coefficient (Wildman–Crippen LogP) is 3.90. The van der Waals surface area contributed by atoms with E-state index in [-0.39, 0.29) is 11.6 Å². The largest absolute Gasteiger partial charge is 0.508 e. The molecular weight excluding hydrogens is 361 g/mol. The van der Waals surface area contributed by atoms with Gasteiger partial charge in [-0.15, -0.1) is 0 Å². The van der Waals surface area contributed by atoms with Crippen molar-refractivity contribution in [2.45, 2.75) is 32.4 Å². The zero-order chi connectivity index (χ0) is 19.2. The molecule has 1 heterocycles. The SMILES string of the molecule is CCN1CCC[C@H]1CNC(=S)N(Cc1ccccc1O)c1ccc(F)cc1. The van der Waals surface area contributed by atoms with Gasteiger partial charge < -0.3 is 15.3 Å². The van der Waals surface area contributed by atoms with Gasteiger partial charge in [0.05, 0.1) is 6.54 Å². The number of rotatable bonds is 6. The average Bonchev–Trinajstić information content (AvgIpc) is 3.14. The van der Waals surface area contributed by atoms with Gasteiger partial charge in [0, 0.05) is 23.8 Å². The first-order valence-corrected chi connectivity index (χ1v) is 9.81. The second-order valence-electron chi connectivity index (χ2n) is 6.80. The Kier molecular flexibility index (Phi) is 6.63. The molecule has 27 heavy (non-hydrogen) atoms. The highest BCUT2D eigenvalue weighted by Crippen LogP contribution is 2.23. The highest BCUT2D eigenvalue weighted by atomic mass is 32.1. The third kappa shape index (κ3) is 4.96. The Balaban J connectivity index is 1.75. The van der Waals surface area contributed by atoms with Gasteiger partial charge in [-0.2, -0.15) is 0 Å². The van der Waals surface area contributed by atoms with Gasteiger partial charge in [0.2, 0.25) is 0 Å². The quantitative estimate of drug-likeness (QED) is 0.736. The van der Waals surface area contributed by atoms with Crippen LogP contribution in [0.5, 0.6) is 5.75 Å². The molecule has 0 amide bonds. The highest BCUT2D eigenvalue weighted by molar-refractivity contribution is 7.80. The van der Waals surface area contributed by atoms with Crippen LogP contribution >= 0.6 is 12.2 Å². The Hall–Kier alpha value is -2.18. The fourth-order valence-electron chi connectivity index (χ4n) is 3.56. The molecule has 2 N–H and O–H groups in total. The summed E-state index contributed by atoms with van der Waals surface area (Å²) in [7, 11) is 0. The maximum Gasteiger partial charge on any atom is 0.173 e. The second-order valence-corrected chi connectivity index (χ2v) is 7.19. The summed E-state index contributed by atoms with van der Waals surface area (Å²) in [4.78, 5) is 4.36. The van der Waals surface area contributed by atoms with Crippen molar-refractivity contribution in [2.24, 2.45) is 0 Å². The molecular formula is C21H26FN3OS. The minimum atomic E-state index is -0.287. The van der Waals surface area contributed by atoms with Crippen molar-refractivity contribution < 1.29 is 9.50 Å². The van der Waals surface area contributed by atoms with Crippen LogP contribution in [0.1, 0.15) is 25.3 Å². The van der Waals surface area contributed by atoms with Crippen LogP contribution in [0.25, 0.3) is 0 Å². The minimum Gasteiger partial charge on any atom is -0.508 e. The molecule has 3 rings (SSSR count). The van der Waals surface area contributed by atoms with E-state index in [9.17, 15) is 9.50 Å². The molecule has 2 aromatic rings. The van der Waals surface area contributed by atoms with Gasteiger partial charge in [0.15, 0.2) is 5.11 Å². The Bertz CT molecular complexity index is 768. The summed E-state index contributed by atoms with van der Waals surface area (Å²) in [6, 6.07) is 13.9. The molecule has 144 valence electrons. The van der Waals surface area contributed by atoms with E-state index in [1.54, 1.807) is 24.3 Å². The summed E-state index contributed by atoms with van der Waals surface area (Å²) in [5.74, 6) is -0.0648. The van der Waals surface area contributed by atoms with Crippen LogP contribution in [0.3, 0.4) is 0 Å². The predicted molar refractivity (Wildman–Crippen MR) is 112 cm³/mol. The number of aromatic hydroxyl groups is 1. The molecule has 0 bridgehead atoms. The van der Waals surface area contributed by atoms with E-state index in [0.717, 1.165) is 30.9 Å². The number of likely N-dealkylation sites (tertiary alicyclic amines) is 1. The maximum atomic E-state index is 13.4. The van der Waals surface area contributed by atoms with Crippen LogP contribution in [-0.2, 0) is 6.54 Å². The van der Waals surface area contributed by atoms with Gasteiger partial charge in [-0.25, -0.2) is 4.39 Å². The molecule has 1 aliphatic heterocycles. The maximum absolute atomic E-state index is 13.4. The summed E-state index contributed by atoms with van der Waals surface area (Å²) >= 11 is 5.66. The summed E-state index contributed by atoms with van der Waals surface area (Å²) in [5, 5.41) is 14.1. The van der Waals surface area contributed by atoms with Crippen molar-refractivity contribution in [3.8, 4) is 5.75 Å². The lowest BCUT2D eigenvalue weighted by atomic mass is 10.1. The number of para-hydroxylation sites is 1. The Morgan fingerprint density at radius 3 is 2.70 bits per heavy atom. The van der Waals surface area contributed by atoms with Crippen LogP contribution in [0, 0.1) is 5.82 Å². The molecule has 1 atom stereocenters. The topological polar surface area (TPSA) is 38.7 Å². The van der Waals surface area contributed by atoms with Crippen molar-refractivity contribution in [3.63, 3.8) is 0 Å². The molecule has 4 nitrogen and oxygen atoms in total. The summed E-state index contributed by atoms with van der Waals surface area (Å²) in [6.07, 6.45) is 2.38. The number of nitrogens with one attached hydrogen (secondary N) is 1. The van der Waals surface area contributed by atoms with E-state index in [0.29, 0.717) is 17.7 Å². The lowest BCUT2D eigenvalue weighted by Crippen LogP contribution is -2.45. The van der Waals surface area contributed by atoms with Gasteiger partial charge in [-0.05, 0) is 68.5 Å². The molecule has 6 heteroatoms. The third-order valence-corrected chi connectivity index (χ3v) is 5.46. The van der Waals surface area contributed by atoms with Crippen LogP contribution in [0.2, 0.25) is 0 Å². The smallest absolute Gasteiger partial charge is 0.173 e. The number of phenolic OH excluding ortho intramolecular Hbond substituents is 1. The molecule has 0 spiro atoms. The normalized spacial score (nSPS) is 17.0. The number of phenols is 1. The fraction of sp³-hybridized carbons (Fsp3) is 0.381. The molecule has 1 fully saturated rings. The lowest BCUT2D eigenvalue weighted by Gasteiger charge is -2.29. The summed E-state index contributed by atoms with van der Waals surface area (Å²) in [5.41, 5.74) is 1.55. The standard InChI is InChI=1S/C21H26FN3OS/c1-2-24-13-5-7-19(24)14-23-21(27)25(18-11-9-17(22)10-12-18)15-16-6-3-4-8-20(16)26/h3-4,6,8-12,19,26H,2,5,7,13-15H2,1H3,(H,23,27)/t19-/m0/s1. The number of likely N-dealkylation sites (N-methyl/N-ethyl adjacent to an activating group) is 1. The number of hydrogen-bond acceptors (Lipinski definition) is 3. The van der Waals surface area contributed by atoms with E-state index in [2.05, 4.69) is 17.1 Å². The van der Waals surface area contributed by atoms with Gasteiger partial charge in [0.25, 0.3) is 0 Å². The lowest BCUT2D eigenvalue weighted by molar-refractivity contribution is 0.267. The van der Waals surface area contributed by atoms with Crippen LogP contribution in [0.4, 0.5) is 10.1 Å². The zero-order valence-corrected chi connectivity index (χ0v) is 16.4. The molecule has 2 aromatic carbocycles. The van der Waals surface area contributed by atoms with Gasteiger partial charge >= 0.3 is 0 Å². The first-order valence-electron chi connectivity index (χ1n) is 9.40. The highest BCUT2D eigenvalue weighted by Gasteiger charge is 2.24. The number of anilines is 1. The molecule has 0 unspecified atom stereocenters. The fourth-order valence-corrected chi connectivity index (χ4v) is 3.81. The second kappa shape index (κ2) is 9.15. The van der Waals surface area contributed by atoms with Crippen molar-refractivity contribution >= 4 is 23.0 Å². The van der Waals surface area contributed by atoms with Gasteiger partial charge in [-0.3, -0.25) is 4.90 Å². The van der Waals surface area contributed by atoms with Crippen LogP contribution in [-0.4, -0.2) is 40.8 Å². The molecule has 0 radical (unpaired) electrons.